The Bertz CT molecular complexity index is 203. The van der Waals surface area contributed by atoms with Crippen LogP contribution < -0.4 is 5.32 Å². The highest BCUT2D eigenvalue weighted by molar-refractivity contribution is 8.00. The zero-order valence-electron chi connectivity index (χ0n) is 9.37. The molecule has 0 aliphatic heterocycles. The van der Waals surface area contributed by atoms with Gasteiger partial charge in [-0.25, -0.2) is 0 Å². The van der Waals surface area contributed by atoms with Crippen molar-refractivity contribution < 1.29 is 5.11 Å². The lowest BCUT2D eigenvalue weighted by molar-refractivity contribution is 0.299. The molecule has 0 saturated carbocycles. The van der Waals surface area contributed by atoms with Crippen LogP contribution in [0.5, 0.6) is 0 Å². The van der Waals surface area contributed by atoms with Crippen molar-refractivity contribution in [3.63, 3.8) is 0 Å². The molecule has 2 atom stereocenters. The summed E-state index contributed by atoms with van der Waals surface area (Å²) in [5.41, 5.74) is -0.498. The van der Waals surface area contributed by atoms with Crippen LogP contribution in [0.2, 0.25) is 0 Å². The Balaban J connectivity index is 4.07. The predicted octanol–water partition coefficient (Wildman–Crippen LogP) is 1.38. The highest BCUT2D eigenvalue weighted by Crippen LogP contribution is 2.17. The molecular formula is C10H20N2OS. The third-order valence-corrected chi connectivity index (χ3v) is 3.23. The Morgan fingerprint density at radius 2 is 2.07 bits per heavy atom. The van der Waals surface area contributed by atoms with E-state index in [1.54, 1.807) is 11.8 Å². The summed E-state index contributed by atoms with van der Waals surface area (Å²) in [5, 5.41) is 21.3. The first-order chi connectivity index (χ1) is 6.43. The van der Waals surface area contributed by atoms with Crippen molar-refractivity contribution in [1.29, 1.82) is 5.26 Å². The molecule has 82 valence electrons. The average molecular weight is 216 g/mol. The zero-order valence-corrected chi connectivity index (χ0v) is 10.2. The van der Waals surface area contributed by atoms with E-state index in [9.17, 15) is 0 Å². The number of hydrogen-bond donors (Lipinski definition) is 2. The molecule has 0 fully saturated rings. The molecule has 14 heavy (non-hydrogen) atoms. The van der Waals surface area contributed by atoms with Gasteiger partial charge in [-0.15, -0.1) is 0 Å². The van der Waals surface area contributed by atoms with Crippen LogP contribution in [0.1, 0.15) is 27.7 Å². The molecule has 0 aliphatic rings. The van der Waals surface area contributed by atoms with Gasteiger partial charge in [0.15, 0.2) is 0 Å². The standard InChI is InChI=1S/C10H20N2OS/c1-8(2)12-10(4,6-11)7-14-9(3)5-13/h8-9,12-13H,5,7H2,1-4H3. The number of nitriles is 1. The number of thioether (sulfide) groups is 1. The molecule has 0 spiro atoms. The first kappa shape index (κ1) is 13.8. The monoisotopic (exact) mass is 216 g/mol. The van der Waals surface area contributed by atoms with Crippen molar-refractivity contribution in [3.05, 3.63) is 0 Å². The van der Waals surface area contributed by atoms with E-state index in [1.807, 2.05) is 27.7 Å². The molecule has 0 saturated heterocycles. The van der Waals surface area contributed by atoms with Gasteiger partial charge >= 0.3 is 0 Å². The summed E-state index contributed by atoms with van der Waals surface area (Å²) in [5.74, 6) is 0.698. The van der Waals surface area contributed by atoms with Crippen molar-refractivity contribution in [3.8, 4) is 6.07 Å². The molecule has 0 amide bonds. The molecule has 0 aromatic carbocycles. The number of nitrogens with zero attached hydrogens (tertiary/aromatic N) is 1. The van der Waals surface area contributed by atoms with Crippen LogP contribution in [0.15, 0.2) is 0 Å². The number of aliphatic hydroxyl groups is 1. The Hall–Kier alpha value is -0.240. The summed E-state index contributed by atoms with van der Waals surface area (Å²) in [6, 6.07) is 2.57. The van der Waals surface area contributed by atoms with Crippen molar-refractivity contribution in [2.45, 2.75) is 44.5 Å². The van der Waals surface area contributed by atoms with Gasteiger partial charge < -0.3 is 5.11 Å². The maximum Gasteiger partial charge on any atom is 0.113 e. The molecule has 0 aromatic heterocycles. The van der Waals surface area contributed by atoms with E-state index < -0.39 is 5.54 Å². The van der Waals surface area contributed by atoms with Gasteiger partial charge in [0, 0.05) is 17.0 Å². The Labute approximate surface area is 90.9 Å². The lowest BCUT2D eigenvalue weighted by atomic mass is 10.1. The van der Waals surface area contributed by atoms with Gasteiger partial charge in [0.25, 0.3) is 0 Å². The topological polar surface area (TPSA) is 56.0 Å². The largest absolute Gasteiger partial charge is 0.395 e. The quantitative estimate of drug-likeness (QED) is 0.704. The average Bonchev–Trinajstić information content (AvgIpc) is 2.13. The van der Waals surface area contributed by atoms with Gasteiger partial charge in [0.1, 0.15) is 5.54 Å². The van der Waals surface area contributed by atoms with Gasteiger partial charge in [-0.3, -0.25) is 5.32 Å². The third kappa shape index (κ3) is 5.48. The van der Waals surface area contributed by atoms with E-state index in [0.717, 1.165) is 0 Å². The maximum absolute atomic E-state index is 9.03. The summed E-state index contributed by atoms with van der Waals surface area (Å²) in [4.78, 5) is 0. The third-order valence-electron chi connectivity index (χ3n) is 1.77. The summed E-state index contributed by atoms with van der Waals surface area (Å²) in [6.45, 7) is 8.06. The second kappa shape index (κ2) is 6.28. The van der Waals surface area contributed by atoms with E-state index in [-0.39, 0.29) is 11.9 Å². The molecule has 0 aliphatic carbocycles. The zero-order chi connectivity index (χ0) is 11.2. The summed E-state index contributed by atoms with van der Waals surface area (Å²) in [6.07, 6.45) is 0. The fraction of sp³-hybridized carbons (Fsp3) is 0.900. The predicted molar refractivity (Wildman–Crippen MR) is 61.3 cm³/mol. The van der Waals surface area contributed by atoms with Gasteiger partial charge in [-0.1, -0.05) is 6.92 Å². The minimum absolute atomic E-state index is 0.161. The number of nitrogens with one attached hydrogen (secondary N) is 1. The van der Waals surface area contributed by atoms with E-state index in [1.165, 1.54) is 0 Å². The van der Waals surface area contributed by atoms with Crippen LogP contribution >= 0.6 is 11.8 Å². The van der Waals surface area contributed by atoms with E-state index in [0.29, 0.717) is 11.8 Å². The molecule has 0 rings (SSSR count). The number of hydrogen-bond acceptors (Lipinski definition) is 4. The van der Waals surface area contributed by atoms with E-state index in [4.69, 9.17) is 10.4 Å². The van der Waals surface area contributed by atoms with Gasteiger partial charge in [-0.05, 0) is 20.8 Å². The lowest BCUT2D eigenvalue weighted by Gasteiger charge is -2.26. The first-order valence-corrected chi connectivity index (χ1v) is 5.90. The molecule has 0 aromatic rings. The molecule has 2 unspecified atom stereocenters. The summed E-state index contributed by atoms with van der Waals surface area (Å²) in [7, 11) is 0. The maximum atomic E-state index is 9.03. The molecule has 3 nitrogen and oxygen atoms in total. The van der Waals surface area contributed by atoms with Crippen LogP contribution in [0.3, 0.4) is 0 Å². The van der Waals surface area contributed by atoms with Crippen LogP contribution in [0.25, 0.3) is 0 Å². The molecule has 0 bridgehead atoms. The number of rotatable bonds is 6. The van der Waals surface area contributed by atoms with Crippen molar-refractivity contribution in [2.24, 2.45) is 0 Å². The normalized spacial score (nSPS) is 17.5. The highest BCUT2D eigenvalue weighted by Gasteiger charge is 2.24. The first-order valence-electron chi connectivity index (χ1n) is 4.85. The summed E-state index contributed by atoms with van der Waals surface area (Å²) < 4.78 is 0. The van der Waals surface area contributed by atoms with Crippen LogP contribution in [0.4, 0.5) is 0 Å². The molecule has 4 heteroatoms. The summed E-state index contributed by atoms with van der Waals surface area (Å²) >= 11 is 1.61. The Morgan fingerprint density at radius 3 is 2.43 bits per heavy atom. The van der Waals surface area contributed by atoms with Crippen molar-refractivity contribution in [2.75, 3.05) is 12.4 Å². The fourth-order valence-electron chi connectivity index (χ4n) is 1.10. The van der Waals surface area contributed by atoms with Gasteiger partial charge in [0.2, 0.25) is 0 Å². The Kier molecular flexibility index (Phi) is 6.17. The van der Waals surface area contributed by atoms with Crippen LogP contribution in [-0.4, -0.2) is 34.3 Å². The molecule has 0 radical (unpaired) electrons. The molecule has 0 heterocycles. The smallest absolute Gasteiger partial charge is 0.113 e. The van der Waals surface area contributed by atoms with Gasteiger partial charge in [0.05, 0.1) is 12.7 Å². The second-order valence-corrected chi connectivity index (χ2v) is 5.47. The molecular weight excluding hydrogens is 196 g/mol. The second-order valence-electron chi connectivity index (χ2n) is 4.05. The fourth-order valence-corrected chi connectivity index (χ4v) is 1.98. The minimum atomic E-state index is -0.498. The van der Waals surface area contributed by atoms with Crippen molar-refractivity contribution >= 4 is 11.8 Å². The van der Waals surface area contributed by atoms with Crippen LogP contribution in [-0.2, 0) is 0 Å². The minimum Gasteiger partial charge on any atom is -0.395 e. The molecule has 2 N–H and O–H groups in total. The van der Waals surface area contributed by atoms with E-state index in [2.05, 4.69) is 11.4 Å². The Morgan fingerprint density at radius 1 is 1.50 bits per heavy atom. The van der Waals surface area contributed by atoms with Gasteiger partial charge in [-0.2, -0.15) is 17.0 Å². The van der Waals surface area contributed by atoms with E-state index >= 15 is 0 Å². The van der Waals surface area contributed by atoms with Crippen LogP contribution in [0, 0.1) is 11.3 Å². The number of aliphatic hydroxyl groups excluding tert-OH is 1. The lowest BCUT2D eigenvalue weighted by Crippen LogP contribution is -2.47. The highest BCUT2D eigenvalue weighted by atomic mass is 32.2. The van der Waals surface area contributed by atoms with Crippen molar-refractivity contribution in [1.82, 2.24) is 5.32 Å². The SMILES string of the molecule is CC(C)NC(C)(C#N)CSC(C)CO.